The minimum absolute atomic E-state index is 0.0296. The zero-order valence-corrected chi connectivity index (χ0v) is 17.2. The van der Waals surface area contributed by atoms with Gasteiger partial charge in [0.15, 0.2) is 9.84 Å². The minimum atomic E-state index is -3.37. The molecule has 0 amide bonds. The fourth-order valence-corrected chi connectivity index (χ4v) is 4.35. The number of ether oxygens (including phenoxy) is 2. The Bertz CT molecular complexity index is 1080. The van der Waals surface area contributed by atoms with E-state index in [1.54, 1.807) is 36.8 Å². The molecule has 7 heteroatoms. The Morgan fingerprint density at radius 2 is 1.93 bits per heavy atom. The number of hydrogen-bond donors (Lipinski definition) is 0. The Labute approximate surface area is 165 Å². The van der Waals surface area contributed by atoms with Crippen LogP contribution in [0.1, 0.15) is 24.1 Å². The van der Waals surface area contributed by atoms with Gasteiger partial charge in [0.05, 0.1) is 24.2 Å². The maximum Gasteiger partial charge on any atom is 0.253 e. The molecule has 28 heavy (non-hydrogen) atoms. The predicted octanol–water partition coefficient (Wildman–Crippen LogP) is 2.59. The van der Waals surface area contributed by atoms with Gasteiger partial charge in [-0.05, 0) is 49.9 Å². The second-order valence-electron chi connectivity index (χ2n) is 7.85. The second-order valence-corrected chi connectivity index (χ2v) is 9.87. The number of fused-ring (bicyclic) bond motifs is 1. The van der Waals surface area contributed by atoms with Crippen LogP contribution in [-0.2, 0) is 27.5 Å². The van der Waals surface area contributed by atoms with E-state index in [1.807, 2.05) is 6.07 Å². The normalized spacial score (nSPS) is 18.9. The molecular weight excluding hydrogens is 378 g/mol. The summed E-state index contributed by atoms with van der Waals surface area (Å²) in [6.07, 6.45) is 4.07. The highest BCUT2D eigenvalue weighted by Crippen LogP contribution is 2.38. The van der Waals surface area contributed by atoms with E-state index < -0.39 is 9.84 Å². The minimum Gasteiger partial charge on any atom is -0.493 e. The monoisotopic (exact) mass is 403 g/mol. The van der Waals surface area contributed by atoms with Gasteiger partial charge in [0.25, 0.3) is 5.56 Å². The van der Waals surface area contributed by atoms with Crippen molar-refractivity contribution in [2.45, 2.75) is 43.7 Å². The highest BCUT2D eigenvalue weighted by atomic mass is 32.2. The highest BCUT2D eigenvalue weighted by Gasteiger charge is 2.28. The molecule has 1 saturated carbocycles. The van der Waals surface area contributed by atoms with Crippen LogP contribution in [0.2, 0.25) is 0 Å². The summed E-state index contributed by atoms with van der Waals surface area (Å²) in [5, 5.41) is 0. The lowest BCUT2D eigenvalue weighted by atomic mass is 9.99. The van der Waals surface area contributed by atoms with Crippen molar-refractivity contribution in [3.8, 4) is 16.9 Å². The first-order chi connectivity index (χ1) is 13.3. The van der Waals surface area contributed by atoms with Crippen molar-refractivity contribution < 1.29 is 17.9 Å². The quantitative estimate of drug-likeness (QED) is 0.741. The lowest BCUT2D eigenvalue weighted by molar-refractivity contribution is 0.103. The van der Waals surface area contributed by atoms with Crippen molar-refractivity contribution in [2.24, 2.45) is 5.92 Å². The molecule has 0 radical (unpaired) electrons. The Morgan fingerprint density at radius 3 is 2.57 bits per heavy atom. The standard InChI is InChI=1S/C21H25NO5S/c1-13-8-17(19-9-15(26-2)11-22(19)21(13)23)18-10-16(28(3,24)25)6-7-20(18)27-12-14-4-5-14/h6-8,10,14-15H,4-5,9,11-12H2,1-3H3/t15-/m1/s1. The summed E-state index contributed by atoms with van der Waals surface area (Å²) in [6, 6.07) is 6.82. The maximum atomic E-state index is 12.6. The molecule has 0 unspecified atom stereocenters. The zero-order chi connectivity index (χ0) is 20.1. The molecule has 1 atom stereocenters. The number of benzene rings is 1. The van der Waals surface area contributed by atoms with Gasteiger partial charge in [-0.2, -0.15) is 0 Å². The molecule has 1 aliphatic carbocycles. The van der Waals surface area contributed by atoms with E-state index in [2.05, 4.69) is 0 Å². The van der Waals surface area contributed by atoms with Crippen molar-refractivity contribution in [2.75, 3.05) is 20.0 Å². The largest absolute Gasteiger partial charge is 0.493 e. The average Bonchev–Trinajstić information content (AvgIpc) is 3.38. The van der Waals surface area contributed by atoms with Gasteiger partial charge < -0.3 is 14.0 Å². The SMILES string of the molecule is CO[C@@H]1Cc2c(-c3cc(S(C)(=O)=O)ccc3OCC3CC3)cc(C)c(=O)n2C1. The Kier molecular flexibility index (Phi) is 4.83. The third kappa shape index (κ3) is 3.61. The molecule has 0 bridgehead atoms. The molecule has 1 aromatic heterocycles. The summed E-state index contributed by atoms with van der Waals surface area (Å²) in [7, 11) is -1.72. The van der Waals surface area contributed by atoms with Crippen LogP contribution in [0.3, 0.4) is 0 Å². The molecule has 0 spiro atoms. The molecular formula is C21H25NO5S. The number of sulfone groups is 1. The number of hydrogen-bond acceptors (Lipinski definition) is 5. The van der Waals surface area contributed by atoms with Crippen LogP contribution in [-0.4, -0.2) is 39.1 Å². The lowest BCUT2D eigenvalue weighted by Crippen LogP contribution is -2.24. The Hall–Kier alpha value is -2.12. The molecule has 0 saturated heterocycles. The first-order valence-corrected chi connectivity index (χ1v) is 11.4. The van der Waals surface area contributed by atoms with Crippen LogP contribution >= 0.6 is 0 Å². The summed E-state index contributed by atoms with van der Waals surface area (Å²) in [6.45, 7) is 2.91. The third-order valence-electron chi connectivity index (χ3n) is 5.56. The fraction of sp³-hybridized carbons (Fsp3) is 0.476. The van der Waals surface area contributed by atoms with Crippen molar-refractivity contribution in [3.05, 3.63) is 45.9 Å². The van der Waals surface area contributed by atoms with Crippen molar-refractivity contribution in [3.63, 3.8) is 0 Å². The smallest absolute Gasteiger partial charge is 0.253 e. The fourth-order valence-electron chi connectivity index (χ4n) is 3.70. The van der Waals surface area contributed by atoms with Crippen LogP contribution < -0.4 is 10.3 Å². The van der Waals surface area contributed by atoms with E-state index in [0.717, 1.165) is 11.3 Å². The van der Waals surface area contributed by atoms with Crippen LogP contribution in [0, 0.1) is 12.8 Å². The molecule has 4 rings (SSSR count). The van der Waals surface area contributed by atoms with E-state index in [1.165, 1.54) is 19.1 Å². The van der Waals surface area contributed by atoms with Gasteiger partial charge in [-0.15, -0.1) is 0 Å². The van der Waals surface area contributed by atoms with Crippen molar-refractivity contribution in [1.29, 1.82) is 0 Å². The molecule has 0 N–H and O–H groups in total. The molecule has 1 fully saturated rings. The molecule has 2 aliphatic rings. The summed E-state index contributed by atoms with van der Waals surface area (Å²) in [4.78, 5) is 12.9. The number of nitrogens with zero attached hydrogens (tertiary/aromatic N) is 1. The van der Waals surface area contributed by atoms with Crippen molar-refractivity contribution in [1.82, 2.24) is 4.57 Å². The molecule has 2 aromatic rings. The zero-order valence-electron chi connectivity index (χ0n) is 16.4. The van der Waals surface area contributed by atoms with Gasteiger partial charge in [-0.25, -0.2) is 8.42 Å². The maximum absolute atomic E-state index is 12.6. The predicted molar refractivity (Wildman–Crippen MR) is 107 cm³/mol. The number of aromatic nitrogens is 1. The molecule has 6 nitrogen and oxygen atoms in total. The van der Waals surface area contributed by atoms with Gasteiger partial charge >= 0.3 is 0 Å². The average molecular weight is 404 g/mol. The Morgan fingerprint density at radius 1 is 1.18 bits per heavy atom. The van der Waals surface area contributed by atoms with Crippen molar-refractivity contribution >= 4 is 9.84 Å². The van der Waals surface area contributed by atoms with Gasteiger partial charge in [0, 0.05) is 42.2 Å². The summed E-state index contributed by atoms with van der Waals surface area (Å²) >= 11 is 0. The highest BCUT2D eigenvalue weighted by molar-refractivity contribution is 7.90. The Balaban J connectivity index is 1.89. The molecule has 1 aromatic carbocycles. The first-order valence-electron chi connectivity index (χ1n) is 9.51. The van der Waals surface area contributed by atoms with E-state index in [0.29, 0.717) is 42.4 Å². The number of pyridine rings is 1. The third-order valence-corrected chi connectivity index (χ3v) is 6.67. The van der Waals surface area contributed by atoms with Crippen LogP contribution in [0.15, 0.2) is 34.0 Å². The summed E-state index contributed by atoms with van der Waals surface area (Å²) in [5.74, 6) is 1.23. The van der Waals surface area contributed by atoms with E-state index in [9.17, 15) is 13.2 Å². The van der Waals surface area contributed by atoms with Gasteiger partial charge in [-0.3, -0.25) is 4.79 Å². The molecule has 2 heterocycles. The van der Waals surface area contributed by atoms with Gasteiger partial charge in [0.2, 0.25) is 0 Å². The van der Waals surface area contributed by atoms with Crippen LogP contribution in [0.4, 0.5) is 0 Å². The number of aryl methyl sites for hydroxylation is 1. The lowest BCUT2D eigenvalue weighted by Gasteiger charge is -2.17. The first kappa shape index (κ1) is 19.2. The number of rotatable bonds is 6. The van der Waals surface area contributed by atoms with Gasteiger partial charge in [0.1, 0.15) is 5.75 Å². The molecule has 1 aliphatic heterocycles. The summed E-state index contributed by atoms with van der Waals surface area (Å²) in [5.41, 5.74) is 3.01. The van der Waals surface area contributed by atoms with E-state index in [-0.39, 0.29) is 16.6 Å². The summed E-state index contributed by atoms with van der Waals surface area (Å²) < 4.78 is 37.6. The molecule has 150 valence electrons. The van der Waals surface area contributed by atoms with Gasteiger partial charge in [-0.1, -0.05) is 0 Å². The van der Waals surface area contributed by atoms with Crippen LogP contribution in [0.25, 0.3) is 11.1 Å². The second kappa shape index (κ2) is 7.04. The van der Waals surface area contributed by atoms with E-state index in [4.69, 9.17) is 9.47 Å². The number of methoxy groups -OCH3 is 1. The van der Waals surface area contributed by atoms with Crippen LogP contribution in [0.5, 0.6) is 5.75 Å². The van der Waals surface area contributed by atoms with E-state index >= 15 is 0 Å². The topological polar surface area (TPSA) is 74.6 Å².